The topological polar surface area (TPSA) is 95.5 Å². The second-order valence-corrected chi connectivity index (χ2v) is 6.65. The molecule has 0 bridgehead atoms. The maximum absolute atomic E-state index is 12.4. The Kier molecular flexibility index (Phi) is 5.18. The van der Waals surface area contributed by atoms with Gasteiger partial charge in [0.15, 0.2) is 0 Å². The molecule has 1 fully saturated rings. The highest BCUT2D eigenvalue weighted by Crippen LogP contribution is 2.33. The number of carboxylic acid groups (broad SMARTS) is 1. The van der Waals surface area contributed by atoms with Crippen molar-refractivity contribution < 1.29 is 24.2 Å². The summed E-state index contributed by atoms with van der Waals surface area (Å²) in [6.07, 6.45) is 2.57. The molecule has 1 N–H and O–H groups in total. The number of hydrogen-bond donors (Lipinski definition) is 1. The minimum atomic E-state index is -1.18. The number of ether oxygens (including phenoxy) is 1. The summed E-state index contributed by atoms with van der Waals surface area (Å²) in [6.45, 7) is 1.82. The summed E-state index contributed by atoms with van der Waals surface area (Å²) in [4.78, 5) is 36.2. The second-order valence-electron chi connectivity index (χ2n) is 5.40. The number of aliphatic carboxylic acids is 1. The molecule has 2 atom stereocenters. The molecule has 1 aliphatic rings. The van der Waals surface area contributed by atoms with Crippen molar-refractivity contribution in [2.45, 2.75) is 32.6 Å². The van der Waals surface area contributed by atoms with E-state index in [9.17, 15) is 19.5 Å². The van der Waals surface area contributed by atoms with Crippen LogP contribution in [0, 0.1) is 18.8 Å². The maximum Gasteiger partial charge on any atom is 0.340 e. The monoisotopic (exact) mass is 324 g/mol. The van der Waals surface area contributed by atoms with E-state index in [1.54, 1.807) is 6.07 Å². The van der Waals surface area contributed by atoms with Gasteiger partial charge in [-0.05, 0) is 25.8 Å². The number of carbonyl (C=O) groups is 3. The lowest BCUT2D eigenvalue weighted by molar-refractivity contribution is -0.313. The Morgan fingerprint density at radius 1 is 1.27 bits per heavy atom. The number of methoxy groups -OCH3 is 1. The first-order valence-electron chi connectivity index (χ1n) is 7.14. The van der Waals surface area contributed by atoms with E-state index in [0.29, 0.717) is 23.4 Å². The van der Waals surface area contributed by atoms with Crippen LogP contribution in [0.3, 0.4) is 0 Å². The van der Waals surface area contributed by atoms with E-state index in [1.165, 1.54) is 18.4 Å². The highest BCUT2D eigenvalue weighted by molar-refractivity contribution is 7.16. The van der Waals surface area contributed by atoms with Gasteiger partial charge in [0.2, 0.25) is 5.91 Å². The fraction of sp³-hybridized carbons (Fsp3) is 0.533. The molecule has 0 spiro atoms. The fourth-order valence-electron chi connectivity index (χ4n) is 2.80. The predicted molar refractivity (Wildman–Crippen MR) is 79.5 cm³/mol. The molecule has 1 heterocycles. The van der Waals surface area contributed by atoms with Crippen molar-refractivity contribution in [2.75, 3.05) is 12.4 Å². The Morgan fingerprint density at radius 3 is 2.50 bits per heavy atom. The number of carbonyl (C=O) groups excluding carboxylic acids is 3. The number of carboxylic acids is 1. The van der Waals surface area contributed by atoms with Crippen LogP contribution in [-0.2, 0) is 14.3 Å². The molecule has 0 aliphatic heterocycles. The van der Waals surface area contributed by atoms with Gasteiger partial charge in [-0.25, -0.2) is 4.79 Å². The number of esters is 1. The first-order valence-corrected chi connectivity index (χ1v) is 7.96. The summed E-state index contributed by atoms with van der Waals surface area (Å²) in [5.74, 6) is -3.47. The Hall–Kier alpha value is -1.89. The van der Waals surface area contributed by atoms with Crippen LogP contribution in [0.15, 0.2) is 6.07 Å². The largest absolute Gasteiger partial charge is 0.550 e. The Morgan fingerprint density at radius 2 is 1.91 bits per heavy atom. The standard InChI is InChI=1S/C15H19NO5S/c1-8-7-11(15(20)21-2)13(22-8)16-12(17)9-5-3-4-6-10(9)14(18)19/h7,9-10H,3-6H2,1-2H3,(H,16,17)(H,18,19)/p-1/t9-,10+/m1/s1. The third-order valence-corrected chi connectivity index (χ3v) is 4.87. The molecular weight excluding hydrogens is 306 g/mol. The molecular formula is C15H18NO5S-. The number of rotatable bonds is 4. The lowest BCUT2D eigenvalue weighted by Gasteiger charge is -2.31. The Balaban J connectivity index is 2.17. The third-order valence-electron chi connectivity index (χ3n) is 3.90. The van der Waals surface area contributed by atoms with Crippen molar-refractivity contribution in [1.82, 2.24) is 0 Å². The van der Waals surface area contributed by atoms with Gasteiger partial charge in [0.25, 0.3) is 0 Å². The van der Waals surface area contributed by atoms with Crippen molar-refractivity contribution in [2.24, 2.45) is 11.8 Å². The average Bonchev–Trinajstić information content (AvgIpc) is 2.86. The first kappa shape index (κ1) is 16.5. The Bertz CT molecular complexity index is 595. The van der Waals surface area contributed by atoms with Crippen molar-refractivity contribution in [3.8, 4) is 0 Å². The zero-order valence-electron chi connectivity index (χ0n) is 12.5. The van der Waals surface area contributed by atoms with Crippen LogP contribution < -0.4 is 10.4 Å². The van der Waals surface area contributed by atoms with Gasteiger partial charge < -0.3 is 20.0 Å². The molecule has 0 aromatic carbocycles. The number of amides is 1. The van der Waals surface area contributed by atoms with Crippen molar-refractivity contribution >= 4 is 34.2 Å². The number of anilines is 1. The molecule has 1 aliphatic carbocycles. The molecule has 1 saturated carbocycles. The van der Waals surface area contributed by atoms with E-state index in [2.05, 4.69) is 10.1 Å². The third kappa shape index (κ3) is 3.47. The van der Waals surface area contributed by atoms with Crippen LogP contribution in [0.25, 0.3) is 0 Å². The lowest BCUT2D eigenvalue weighted by atomic mass is 9.79. The fourth-order valence-corrected chi connectivity index (χ4v) is 3.70. The molecule has 0 radical (unpaired) electrons. The number of aryl methyl sites for hydroxylation is 1. The predicted octanol–water partition coefficient (Wildman–Crippen LogP) is 1.34. The lowest BCUT2D eigenvalue weighted by Crippen LogP contribution is -2.42. The minimum absolute atomic E-state index is 0.291. The molecule has 2 rings (SSSR count). The van der Waals surface area contributed by atoms with Crippen molar-refractivity contribution in [3.63, 3.8) is 0 Å². The van der Waals surface area contributed by atoms with Gasteiger partial charge in [-0.1, -0.05) is 12.8 Å². The smallest absolute Gasteiger partial charge is 0.340 e. The second kappa shape index (κ2) is 6.91. The normalized spacial score (nSPS) is 21.2. The van der Waals surface area contributed by atoms with Gasteiger partial charge in [-0.3, -0.25) is 4.79 Å². The van der Waals surface area contributed by atoms with E-state index in [-0.39, 0.29) is 5.91 Å². The Labute approximate surface area is 132 Å². The summed E-state index contributed by atoms with van der Waals surface area (Å²) in [5.41, 5.74) is 0.291. The quantitative estimate of drug-likeness (QED) is 0.843. The van der Waals surface area contributed by atoms with Crippen LogP contribution in [0.2, 0.25) is 0 Å². The van der Waals surface area contributed by atoms with Gasteiger partial charge in [0, 0.05) is 22.7 Å². The molecule has 1 amide bonds. The highest BCUT2D eigenvalue weighted by atomic mass is 32.1. The number of thiophene rings is 1. The summed E-state index contributed by atoms with van der Waals surface area (Å²) in [6, 6.07) is 1.64. The van der Waals surface area contributed by atoms with Crippen LogP contribution in [0.5, 0.6) is 0 Å². The zero-order chi connectivity index (χ0) is 16.3. The van der Waals surface area contributed by atoms with E-state index in [1.807, 2.05) is 6.92 Å². The van der Waals surface area contributed by atoms with Crippen LogP contribution in [0.1, 0.15) is 40.9 Å². The molecule has 6 nitrogen and oxygen atoms in total. The van der Waals surface area contributed by atoms with E-state index in [0.717, 1.165) is 17.7 Å². The van der Waals surface area contributed by atoms with Gasteiger partial charge >= 0.3 is 5.97 Å². The molecule has 0 unspecified atom stereocenters. The summed E-state index contributed by atoms with van der Waals surface area (Å²) >= 11 is 1.26. The van der Waals surface area contributed by atoms with Crippen LogP contribution in [-0.4, -0.2) is 25.0 Å². The number of hydrogen-bond acceptors (Lipinski definition) is 6. The van der Waals surface area contributed by atoms with Crippen molar-refractivity contribution in [3.05, 3.63) is 16.5 Å². The molecule has 0 saturated heterocycles. The van der Waals surface area contributed by atoms with Gasteiger partial charge in [-0.15, -0.1) is 11.3 Å². The zero-order valence-corrected chi connectivity index (χ0v) is 13.3. The molecule has 1 aromatic rings. The summed E-state index contributed by atoms with van der Waals surface area (Å²) < 4.78 is 4.69. The maximum atomic E-state index is 12.4. The van der Waals surface area contributed by atoms with E-state index < -0.39 is 23.8 Å². The van der Waals surface area contributed by atoms with Gasteiger partial charge in [-0.2, -0.15) is 0 Å². The minimum Gasteiger partial charge on any atom is -0.550 e. The summed E-state index contributed by atoms with van der Waals surface area (Å²) in [5, 5.41) is 14.3. The molecule has 7 heteroatoms. The highest BCUT2D eigenvalue weighted by Gasteiger charge is 2.32. The number of nitrogens with one attached hydrogen (secondary N) is 1. The summed E-state index contributed by atoms with van der Waals surface area (Å²) in [7, 11) is 1.27. The SMILES string of the molecule is COC(=O)c1cc(C)sc1NC(=O)[C@@H]1CCCC[C@@H]1C(=O)[O-]. The van der Waals surface area contributed by atoms with Crippen LogP contribution >= 0.6 is 11.3 Å². The molecule has 1 aromatic heterocycles. The molecule has 22 heavy (non-hydrogen) atoms. The van der Waals surface area contributed by atoms with Gasteiger partial charge in [0.05, 0.1) is 12.7 Å². The van der Waals surface area contributed by atoms with E-state index in [4.69, 9.17) is 0 Å². The van der Waals surface area contributed by atoms with E-state index >= 15 is 0 Å². The van der Waals surface area contributed by atoms with Crippen LogP contribution in [0.4, 0.5) is 5.00 Å². The van der Waals surface area contributed by atoms with Gasteiger partial charge in [0.1, 0.15) is 5.00 Å². The average molecular weight is 324 g/mol. The van der Waals surface area contributed by atoms with Crippen molar-refractivity contribution in [1.29, 1.82) is 0 Å². The first-order chi connectivity index (χ1) is 10.4. The molecule has 120 valence electrons.